The van der Waals surface area contributed by atoms with Gasteiger partial charge in [0.05, 0.1) is 6.26 Å². The summed E-state index contributed by atoms with van der Waals surface area (Å²) in [6.45, 7) is 5.65. The Labute approximate surface area is 127 Å². The molecule has 1 aliphatic carbocycles. The fraction of sp³-hybridized carbons (Fsp3) is 0.625. The van der Waals surface area contributed by atoms with Crippen LogP contribution in [0.25, 0.3) is 0 Å². The van der Waals surface area contributed by atoms with Crippen LogP contribution in [-0.4, -0.2) is 50.1 Å². The number of nitrogens with zero attached hydrogens (tertiary/aromatic N) is 2. The van der Waals surface area contributed by atoms with Gasteiger partial charge in [-0.1, -0.05) is 24.3 Å². The van der Waals surface area contributed by atoms with Crippen molar-refractivity contribution in [1.82, 2.24) is 9.21 Å². The molecular formula is C16H24N2O2S. The third kappa shape index (κ3) is 2.41. The minimum Gasteiger partial charge on any atom is -0.297 e. The first-order chi connectivity index (χ1) is 9.80. The molecule has 0 bridgehead atoms. The maximum absolute atomic E-state index is 11.9. The Bertz CT molecular complexity index is 641. The van der Waals surface area contributed by atoms with E-state index in [1.165, 1.54) is 17.4 Å². The Balaban J connectivity index is 2.01. The summed E-state index contributed by atoms with van der Waals surface area (Å²) in [5.41, 5.74) is 2.73. The summed E-state index contributed by atoms with van der Waals surface area (Å²) in [6, 6.07) is 9.30. The number of hydrogen-bond donors (Lipinski definition) is 0. The first-order valence-electron chi connectivity index (χ1n) is 7.56. The molecular weight excluding hydrogens is 284 g/mol. The van der Waals surface area contributed by atoms with Crippen LogP contribution >= 0.6 is 0 Å². The van der Waals surface area contributed by atoms with Gasteiger partial charge in [-0.3, -0.25) is 4.90 Å². The SMILES string of the molecule is CC(C)N(C)[C@H]1c2ccccc2[C@@H]2CN(S(C)(=O)=O)C[C@@H]21. The van der Waals surface area contributed by atoms with Crippen molar-refractivity contribution in [3.8, 4) is 0 Å². The Hall–Kier alpha value is -0.910. The lowest BCUT2D eigenvalue weighted by molar-refractivity contribution is 0.150. The molecule has 0 saturated carbocycles. The summed E-state index contributed by atoms with van der Waals surface area (Å²) in [4.78, 5) is 2.38. The van der Waals surface area contributed by atoms with Crippen LogP contribution in [-0.2, 0) is 10.0 Å². The van der Waals surface area contributed by atoms with Gasteiger partial charge >= 0.3 is 0 Å². The minimum absolute atomic E-state index is 0.318. The Morgan fingerprint density at radius 1 is 1.19 bits per heavy atom. The van der Waals surface area contributed by atoms with Gasteiger partial charge in [-0.2, -0.15) is 0 Å². The zero-order chi connectivity index (χ0) is 15.4. The van der Waals surface area contributed by atoms with E-state index in [0.717, 1.165) is 0 Å². The van der Waals surface area contributed by atoms with E-state index in [2.05, 4.69) is 50.1 Å². The number of fused-ring (bicyclic) bond motifs is 3. The Morgan fingerprint density at radius 2 is 1.81 bits per heavy atom. The second-order valence-corrected chi connectivity index (χ2v) is 8.67. The highest BCUT2D eigenvalue weighted by Crippen LogP contribution is 2.52. The average Bonchev–Trinajstić information content (AvgIpc) is 2.94. The molecule has 116 valence electrons. The van der Waals surface area contributed by atoms with E-state index in [-0.39, 0.29) is 0 Å². The average molecular weight is 308 g/mol. The predicted molar refractivity (Wildman–Crippen MR) is 84.7 cm³/mol. The summed E-state index contributed by atoms with van der Waals surface area (Å²) in [6.07, 6.45) is 1.32. The van der Waals surface area contributed by atoms with Gasteiger partial charge in [-0.25, -0.2) is 12.7 Å². The molecule has 3 rings (SSSR count). The molecule has 0 spiro atoms. The molecule has 0 amide bonds. The normalized spacial score (nSPS) is 29.1. The van der Waals surface area contributed by atoms with E-state index in [1.807, 2.05) is 0 Å². The summed E-state index contributed by atoms with van der Waals surface area (Å²) < 4.78 is 25.5. The van der Waals surface area contributed by atoms with Crippen molar-refractivity contribution in [3.05, 3.63) is 35.4 Å². The summed E-state index contributed by atoms with van der Waals surface area (Å²) in [5, 5.41) is 0. The van der Waals surface area contributed by atoms with Crippen LogP contribution < -0.4 is 0 Å². The lowest BCUT2D eigenvalue weighted by atomic mass is 9.93. The highest BCUT2D eigenvalue weighted by atomic mass is 32.2. The molecule has 0 N–H and O–H groups in total. The predicted octanol–water partition coefficient (Wildman–Crippen LogP) is 2.06. The molecule has 21 heavy (non-hydrogen) atoms. The van der Waals surface area contributed by atoms with Crippen LogP contribution in [0, 0.1) is 5.92 Å². The number of sulfonamides is 1. The van der Waals surface area contributed by atoms with Crippen molar-refractivity contribution >= 4 is 10.0 Å². The number of rotatable bonds is 3. The molecule has 1 aliphatic heterocycles. The molecule has 1 aromatic rings. The fourth-order valence-electron chi connectivity index (χ4n) is 3.90. The maximum Gasteiger partial charge on any atom is 0.211 e. The fourth-order valence-corrected chi connectivity index (χ4v) is 4.78. The van der Waals surface area contributed by atoms with Crippen LogP contribution in [0.5, 0.6) is 0 Å². The number of benzene rings is 1. The van der Waals surface area contributed by atoms with Gasteiger partial charge in [0.2, 0.25) is 10.0 Å². The summed E-state index contributed by atoms with van der Waals surface area (Å²) in [7, 11) is -0.951. The molecule has 1 fully saturated rings. The van der Waals surface area contributed by atoms with Crippen molar-refractivity contribution in [2.24, 2.45) is 5.92 Å². The van der Waals surface area contributed by atoms with E-state index in [1.54, 1.807) is 4.31 Å². The number of hydrogen-bond acceptors (Lipinski definition) is 3. The van der Waals surface area contributed by atoms with Gasteiger partial charge < -0.3 is 0 Å². The van der Waals surface area contributed by atoms with Gasteiger partial charge in [0.15, 0.2) is 0 Å². The van der Waals surface area contributed by atoms with Crippen LogP contribution in [0.15, 0.2) is 24.3 Å². The van der Waals surface area contributed by atoms with Crippen molar-refractivity contribution in [2.45, 2.75) is 31.8 Å². The van der Waals surface area contributed by atoms with Gasteiger partial charge in [-0.15, -0.1) is 0 Å². The van der Waals surface area contributed by atoms with E-state index < -0.39 is 10.0 Å². The lowest BCUT2D eigenvalue weighted by Crippen LogP contribution is -2.36. The lowest BCUT2D eigenvalue weighted by Gasteiger charge is -2.33. The third-order valence-corrected chi connectivity index (χ3v) is 6.41. The standard InChI is InChI=1S/C16H24N2O2S/c1-11(2)17(3)16-13-8-6-5-7-12(13)14-9-18(10-15(14)16)21(4,19)20/h5-8,11,14-16H,9-10H2,1-4H3/t14-,15-,16-/m0/s1. The van der Waals surface area contributed by atoms with E-state index >= 15 is 0 Å². The van der Waals surface area contributed by atoms with Crippen molar-refractivity contribution < 1.29 is 8.42 Å². The first-order valence-corrected chi connectivity index (χ1v) is 9.41. The monoisotopic (exact) mass is 308 g/mol. The van der Waals surface area contributed by atoms with Crippen LogP contribution in [0.4, 0.5) is 0 Å². The van der Waals surface area contributed by atoms with Gasteiger partial charge in [0.1, 0.15) is 0 Å². The molecule has 1 aromatic carbocycles. The summed E-state index contributed by atoms with van der Waals surface area (Å²) >= 11 is 0. The molecule has 2 aliphatic rings. The molecule has 5 heteroatoms. The molecule has 4 nitrogen and oxygen atoms in total. The molecule has 1 saturated heterocycles. The largest absolute Gasteiger partial charge is 0.297 e. The van der Waals surface area contributed by atoms with Crippen molar-refractivity contribution in [2.75, 3.05) is 26.4 Å². The summed E-state index contributed by atoms with van der Waals surface area (Å²) in [5.74, 6) is 0.701. The molecule has 0 aromatic heterocycles. The second kappa shape index (κ2) is 5.07. The third-order valence-electron chi connectivity index (χ3n) is 5.17. The van der Waals surface area contributed by atoms with E-state index in [0.29, 0.717) is 37.0 Å². The molecule has 1 heterocycles. The van der Waals surface area contributed by atoms with Crippen molar-refractivity contribution in [1.29, 1.82) is 0 Å². The van der Waals surface area contributed by atoms with Crippen molar-refractivity contribution in [3.63, 3.8) is 0 Å². The maximum atomic E-state index is 11.9. The highest BCUT2D eigenvalue weighted by molar-refractivity contribution is 7.88. The zero-order valence-corrected chi connectivity index (χ0v) is 14.0. The van der Waals surface area contributed by atoms with Crippen LogP contribution in [0.1, 0.15) is 36.9 Å². The topological polar surface area (TPSA) is 40.6 Å². The van der Waals surface area contributed by atoms with Gasteiger partial charge in [0, 0.05) is 37.0 Å². The van der Waals surface area contributed by atoms with Crippen LogP contribution in [0.3, 0.4) is 0 Å². The van der Waals surface area contributed by atoms with E-state index in [4.69, 9.17) is 0 Å². The highest BCUT2D eigenvalue weighted by Gasteiger charge is 2.49. The Kier molecular flexibility index (Phi) is 3.62. The second-order valence-electron chi connectivity index (χ2n) is 6.68. The molecule has 0 unspecified atom stereocenters. The minimum atomic E-state index is -3.10. The van der Waals surface area contributed by atoms with E-state index in [9.17, 15) is 8.42 Å². The van der Waals surface area contributed by atoms with Crippen LogP contribution in [0.2, 0.25) is 0 Å². The molecule has 3 atom stereocenters. The Morgan fingerprint density at radius 3 is 2.38 bits per heavy atom. The van der Waals surface area contributed by atoms with Gasteiger partial charge in [0.25, 0.3) is 0 Å². The quantitative estimate of drug-likeness (QED) is 0.858. The first kappa shape index (κ1) is 15.0. The smallest absolute Gasteiger partial charge is 0.211 e. The van der Waals surface area contributed by atoms with Gasteiger partial charge in [-0.05, 0) is 32.0 Å². The zero-order valence-electron chi connectivity index (χ0n) is 13.2. The molecule has 0 radical (unpaired) electrons.